The minimum Gasteiger partial charge on any atom is -0.491 e. The smallest absolute Gasteiger partial charge is 0.251 e. The molecule has 1 N–H and O–H groups in total. The molecule has 1 fully saturated rings. The Labute approximate surface area is 166 Å². The lowest BCUT2D eigenvalue weighted by molar-refractivity contribution is 0.0926. The van der Waals surface area contributed by atoms with Crippen molar-refractivity contribution in [2.24, 2.45) is 0 Å². The van der Waals surface area contributed by atoms with Crippen LogP contribution in [0, 0.1) is 6.92 Å². The fraction of sp³-hybridized carbons (Fsp3) is 0.381. The van der Waals surface area contributed by atoms with Gasteiger partial charge in [-0.1, -0.05) is 23.8 Å². The number of nitrogens with zero attached hydrogens (tertiary/aromatic N) is 1. The summed E-state index contributed by atoms with van der Waals surface area (Å²) in [7, 11) is -3.54. The van der Waals surface area contributed by atoms with Crippen LogP contribution in [0.15, 0.2) is 53.4 Å². The van der Waals surface area contributed by atoms with E-state index >= 15 is 0 Å². The Hall–Kier alpha value is -2.38. The van der Waals surface area contributed by atoms with Crippen LogP contribution < -0.4 is 10.1 Å². The molecule has 0 radical (unpaired) electrons. The van der Waals surface area contributed by atoms with Crippen LogP contribution in [0.25, 0.3) is 0 Å². The van der Waals surface area contributed by atoms with Crippen LogP contribution in [0.5, 0.6) is 5.75 Å². The molecule has 1 heterocycles. The lowest BCUT2D eigenvalue weighted by Crippen LogP contribution is -2.37. The van der Waals surface area contributed by atoms with Crippen molar-refractivity contribution in [1.82, 2.24) is 9.62 Å². The third-order valence-corrected chi connectivity index (χ3v) is 6.59. The van der Waals surface area contributed by atoms with Crippen LogP contribution in [0.4, 0.5) is 0 Å². The fourth-order valence-corrected chi connectivity index (χ4v) is 4.64. The Morgan fingerprint density at radius 1 is 1.14 bits per heavy atom. The van der Waals surface area contributed by atoms with Gasteiger partial charge in [0.15, 0.2) is 0 Å². The molecule has 6 nitrogen and oxygen atoms in total. The molecule has 1 saturated heterocycles. The number of amides is 1. The zero-order valence-corrected chi connectivity index (χ0v) is 17.0. The average molecular weight is 403 g/mol. The van der Waals surface area contributed by atoms with E-state index in [1.165, 1.54) is 16.4 Å². The van der Waals surface area contributed by atoms with Crippen molar-refractivity contribution in [3.63, 3.8) is 0 Å². The molecule has 3 rings (SSSR count). The normalized spacial score (nSPS) is 15.9. The molecule has 2 aromatic rings. The Balaban J connectivity index is 1.61. The first kappa shape index (κ1) is 20.4. The van der Waals surface area contributed by atoms with Crippen molar-refractivity contribution in [2.75, 3.05) is 19.7 Å². The number of ether oxygens (including phenoxy) is 1. The first-order valence-corrected chi connectivity index (χ1v) is 10.9. The number of hydrogen-bond acceptors (Lipinski definition) is 4. The summed E-state index contributed by atoms with van der Waals surface area (Å²) in [5.41, 5.74) is 1.47. The van der Waals surface area contributed by atoms with E-state index in [4.69, 9.17) is 4.74 Å². The molecule has 1 aliphatic rings. The summed E-state index contributed by atoms with van der Waals surface area (Å²) in [4.78, 5) is 12.7. The summed E-state index contributed by atoms with van der Waals surface area (Å²) in [5.74, 6) is 0.420. The lowest BCUT2D eigenvalue weighted by Gasteiger charge is -2.17. The van der Waals surface area contributed by atoms with E-state index in [9.17, 15) is 13.2 Å². The summed E-state index contributed by atoms with van der Waals surface area (Å²) in [6.45, 7) is 5.24. The van der Waals surface area contributed by atoms with Crippen LogP contribution in [0.2, 0.25) is 0 Å². The predicted octanol–water partition coefficient (Wildman–Crippen LogP) is 2.98. The second-order valence-corrected chi connectivity index (χ2v) is 9.08. The average Bonchev–Trinajstić information content (AvgIpc) is 3.23. The third kappa shape index (κ3) is 4.91. The maximum Gasteiger partial charge on any atom is 0.251 e. The molecule has 0 aliphatic carbocycles. The van der Waals surface area contributed by atoms with E-state index in [1.807, 2.05) is 38.1 Å². The van der Waals surface area contributed by atoms with Crippen LogP contribution in [0.1, 0.15) is 35.7 Å². The van der Waals surface area contributed by atoms with Gasteiger partial charge in [-0.3, -0.25) is 4.79 Å². The van der Waals surface area contributed by atoms with E-state index in [0.717, 1.165) is 24.2 Å². The molecule has 2 aromatic carbocycles. The van der Waals surface area contributed by atoms with Gasteiger partial charge in [0.1, 0.15) is 12.4 Å². The number of aryl methyl sites for hydroxylation is 1. The number of nitrogens with one attached hydrogen (secondary N) is 1. The molecule has 0 saturated carbocycles. The first-order valence-electron chi connectivity index (χ1n) is 9.47. The maximum atomic E-state index is 12.7. The van der Waals surface area contributed by atoms with Gasteiger partial charge in [-0.25, -0.2) is 8.42 Å². The van der Waals surface area contributed by atoms with Crippen molar-refractivity contribution < 1.29 is 17.9 Å². The number of carbonyl (C=O) groups excluding carboxylic acids is 1. The van der Waals surface area contributed by atoms with Gasteiger partial charge < -0.3 is 10.1 Å². The van der Waals surface area contributed by atoms with Crippen molar-refractivity contribution >= 4 is 15.9 Å². The van der Waals surface area contributed by atoms with E-state index in [0.29, 0.717) is 25.3 Å². The SMILES string of the molecule is Cc1ccc(OCC(C)NC(=O)c2cccc(S(=O)(=O)N3CCCC3)c2)cc1. The molecule has 1 atom stereocenters. The topological polar surface area (TPSA) is 75.7 Å². The van der Waals surface area contributed by atoms with Gasteiger partial charge in [-0.2, -0.15) is 4.31 Å². The maximum absolute atomic E-state index is 12.7. The molecule has 0 aromatic heterocycles. The predicted molar refractivity (Wildman–Crippen MR) is 108 cm³/mol. The van der Waals surface area contributed by atoms with E-state index in [2.05, 4.69) is 5.32 Å². The highest BCUT2D eigenvalue weighted by Crippen LogP contribution is 2.21. The number of rotatable bonds is 7. The number of sulfonamides is 1. The number of hydrogen-bond donors (Lipinski definition) is 1. The van der Waals surface area contributed by atoms with Gasteiger partial charge in [0.2, 0.25) is 10.0 Å². The highest BCUT2D eigenvalue weighted by molar-refractivity contribution is 7.89. The monoisotopic (exact) mass is 402 g/mol. The molecular formula is C21H26N2O4S. The van der Waals surface area contributed by atoms with Crippen LogP contribution >= 0.6 is 0 Å². The molecule has 1 aliphatic heterocycles. The Bertz CT molecular complexity index is 920. The van der Waals surface area contributed by atoms with E-state index < -0.39 is 10.0 Å². The van der Waals surface area contributed by atoms with Crippen molar-refractivity contribution in [3.05, 3.63) is 59.7 Å². The number of carbonyl (C=O) groups is 1. The molecule has 1 unspecified atom stereocenters. The third-order valence-electron chi connectivity index (χ3n) is 4.70. The summed E-state index contributed by atoms with van der Waals surface area (Å²) in [6.07, 6.45) is 1.75. The Kier molecular flexibility index (Phi) is 6.36. The molecule has 28 heavy (non-hydrogen) atoms. The molecular weight excluding hydrogens is 376 g/mol. The van der Waals surface area contributed by atoms with Gasteiger partial charge in [-0.05, 0) is 57.0 Å². The van der Waals surface area contributed by atoms with Crippen molar-refractivity contribution in [3.8, 4) is 5.75 Å². The van der Waals surface area contributed by atoms with Crippen molar-refractivity contribution in [1.29, 1.82) is 0 Å². The quantitative estimate of drug-likeness (QED) is 0.773. The Morgan fingerprint density at radius 2 is 1.82 bits per heavy atom. The minimum absolute atomic E-state index is 0.158. The van der Waals surface area contributed by atoms with Crippen LogP contribution in [0.3, 0.4) is 0 Å². The summed E-state index contributed by atoms with van der Waals surface area (Å²) < 4.78 is 32.5. The van der Waals surface area contributed by atoms with E-state index in [-0.39, 0.29) is 16.8 Å². The number of benzene rings is 2. The second kappa shape index (κ2) is 8.75. The lowest BCUT2D eigenvalue weighted by atomic mass is 10.2. The van der Waals surface area contributed by atoms with Gasteiger partial charge in [0.05, 0.1) is 10.9 Å². The zero-order valence-electron chi connectivity index (χ0n) is 16.2. The summed E-state index contributed by atoms with van der Waals surface area (Å²) in [5, 5.41) is 2.85. The zero-order chi connectivity index (χ0) is 20.1. The minimum atomic E-state index is -3.54. The van der Waals surface area contributed by atoms with Gasteiger partial charge in [-0.15, -0.1) is 0 Å². The standard InChI is InChI=1S/C21H26N2O4S/c1-16-8-10-19(11-9-16)27-15-17(2)22-21(24)18-6-5-7-20(14-18)28(25,26)23-12-3-4-13-23/h5-11,14,17H,3-4,12-13,15H2,1-2H3,(H,22,24). The highest BCUT2D eigenvalue weighted by atomic mass is 32.2. The molecule has 150 valence electrons. The molecule has 0 spiro atoms. The van der Waals surface area contributed by atoms with Gasteiger partial charge in [0, 0.05) is 18.7 Å². The fourth-order valence-electron chi connectivity index (χ4n) is 3.08. The summed E-state index contributed by atoms with van der Waals surface area (Å²) in [6, 6.07) is 13.7. The van der Waals surface area contributed by atoms with Crippen LogP contribution in [-0.4, -0.2) is 44.4 Å². The first-order chi connectivity index (χ1) is 13.4. The summed E-state index contributed by atoms with van der Waals surface area (Å²) >= 11 is 0. The van der Waals surface area contributed by atoms with Gasteiger partial charge >= 0.3 is 0 Å². The Morgan fingerprint density at radius 3 is 2.50 bits per heavy atom. The van der Waals surface area contributed by atoms with Crippen molar-refractivity contribution in [2.45, 2.75) is 37.6 Å². The molecule has 0 bridgehead atoms. The molecule has 7 heteroatoms. The molecule has 1 amide bonds. The van der Waals surface area contributed by atoms with E-state index in [1.54, 1.807) is 12.1 Å². The second-order valence-electron chi connectivity index (χ2n) is 7.14. The largest absolute Gasteiger partial charge is 0.491 e. The van der Waals surface area contributed by atoms with Crippen LogP contribution in [-0.2, 0) is 10.0 Å². The van der Waals surface area contributed by atoms with Gasteiger partial charge in [0.25, 0.3) is 5.91 Å². The highest BCUT2D eigenvalue weighted by Gasteiger charge is 2.27.